The Hall–Kier alpha value is -2.44. The first-order valence-corrected chi connectivity index (χ1v) is 12.1. The lowest BCUT2D eigenvalue weighted by Gasteiger charge is -2.17. The van der Waals surface area contributed by atoms with Crippen LogP contribution in [0.1, 0.15) is 23.8 Å². The Labute approximate surface area is 192 Å². The number of oxime groups is 1. The third-order valence-electron chi connectivity index (χ3n) is 5.33. The highest BCUT2D eigenvalue weighted by molar-refractivity contribution is 7.88. The third kappa shape index (κ3) is 4.92. The van der Waals surface area contributed by atoms with Crippen molar-refractivity contribution >= 4 is 27.5 Å². The summed E-state index contributed by atoms with van der Waals surface area (Å²) in [5, 5.41) is 3.77. The van der Waals surface area contributed by atoms with Gasteiger partial charge in [0.1, 0.15) is 23.5 Å². The highest BCUT2D eigenvalue weighted by Gasteiger charge is 2.51. The van der Waals surface area contributed by atoms with Crippen LogP contribution in [-0.2, 0) is 14.9 Å². The molecule has 13 heteroatoms. The van der Waals surface area contributed by atoms with Gasteiger partial charge in [0, 0.05) is 23.3 Å². The molecule has 0 radical (unpaired) electrons. The predicted octanol–water partition coefficient (Wildman–Crippen LogP) is 3.63. The molecule has 1 N–H and O–H groups in total. The number of hydrogen-bond acceptors (Lipinski definition) is 6. The molecular formula is C20H19ClF4N4O3S. The van der Waals surface area contributed by atoms with Crippen molar-refractivity contribution in [2.75, 3.05) is 19.3 Å². The van der Waals surface area contributed by atoms with Crippen molar-refractivity contribution in [1.29, 1.82) is 0 Å². The standard InChI is InChI=1S/C20H19ClF4N4O3S/c1-10-3-12(18-13(22)4-11(21)5-14(18)23)19(26-7-10)15-6-17(27-32-15)29-8-16(20(24,25)9-29)28-33(2,30)31/h3-5,7,15-16,28H,6,8-9H2,1-2H3/t15-,16+/m0/s1. The predicted molar refractivity (Wildman–Crippen MR) is 114 cm³/mol. The van der Waals surface area contributed by atoms with Crippen molar-refractivity contribution in [2.24, 2.45) is 5.16 Å². The SMILES string of the molecule is Cc1cnc([C@@H]2CC(N3C[C@@H](NS(C)(=O)=O)C(F)(F)C3)=NO2)c(-c2c(F)cc(Cl)cc2F)c1. The van der Waals surface area contributed by atoms with Crippen molar-refractivity contribution in [3.8, 4) is 11.1 Å². The largest absolute Gasteiger partial charge is 0.384 e. The molecule has 2 aliphatic rings. The Morgan fingerprint density at radius 1 is 1.24 bits per heavy atom. The second kappa shape index (κ2) is 8.41. The Bertz CT molecular complexity index is 1220. The van der Waals surface area contributed by atoms with Gasteiger partial charge in [0.2, 0.25) is 10.0 Å². The molecule has 2 atom stereocenters. The molecule has 4 rings (SSSR count). The Morgan fingerprint density at radius 3 is 2.55 bits per heavy atom. The zero-order valence-electron chi connectivity index (χ0n) is 17.4. The van der Waals surface area contributed by atoms with E-state index in [9.17, 15) is 26.0 Å². The van der Waals surface area contributed by atoms with Crippen LogP contribution in [0.4, 0.5) is 17.6 Å². The average Bonchev–Trinajstić information content (AvgIpc) is 3.25. The number of aryl methyl sites for hydroxylation is 1. The highest BCUT2D eigenvalue weighted by atomic mass is 35.5. The van der Waals surface area contributed by atoms with Gasteiger partial charge in [0.15, 0.2) is 6.10 Å². The van der Waals surface area contributed by atoms with E-state index in [1.54, 1.807) is 6.92 Å². The quantitative estimate of drug-likeness (QED) is 0.640. The van der Waals surface area contributed by atoms with Gasteiger partial charge in [-0.25, -0.2) is 30.7 Å². The minimum Gasteiger partial charge on any atom is -0.384 e. The first-order chi connectivity index (χ1) is 15.3. The Morgan fingerprint density at radius 2 is 1.91 bits per heavy atom. The highest BCUT2D eigenvalue weighted by Crippen LogP contribution is 2.39. The van der Waals surface area contributed by atoms with E-state index in [0.717, 1.165) is 18.4 Å². The van der Waals surface area contributed by atoms with E-state index in [4.69, 9.17) is 16.4 Å². The lowest BCUT2D eigenvalue weighted by atomic mass is 9.97. The fourth-order valence-electron chi connectivity index (χ4n) is 3.90. The van der Waals surface area contributed by atoms with Gasteiger partial charge in [-0.1, -0.05) is 16.8 Å². The van der Waals surface area contributed by atoms with E-state index >= 15 is 0 Å². The number of benzene rings is 1. The maximum atomic E-state index is 14.6. The normalized spacial score (nSPS) is 22.4. The summed E-state index contributed by atoms with van der Waals surface area (Å²) in [7, 11) is -3.85. The van der Waals surface area contributed by atoms with E-state index in [0.29, 0.717) is 5.56 Å². The molecule has 1 aromatic carbocycles. The summed E-state index contributed by atoms with van der Waals surface area (Å²) in [6, 6.07) is 1.87. The van der Waals surface area contributed by atoms with Crippen molar-refractivity contribution in [2.45, 2.75) is 31.4 Å². The van der Waals surface area contributed by atoms with Gasteiger partial charge in [-0.2, -0.15) is 0 Å². The molecular weight excluding hydrogens is 488 g/mol. The number of likely N-dealkylation sites (tertiary alicyclic amines) is 1. The van der Waals surface area contributed by atoms with Crippen LogP contribution in [0.15, 0.2) is 29.6 Å². The zero-order valence-corrected chi connectivity index (χ0v) is 19.0. The molecule has 0 bridgehead atoms. The molecule has 178 valence electrons. The maximum Gasteiger partial charge on any atom is 0.282 e. The number of alkyl halides is 2. The summed E-state index contributed by atoms with van der Waals surface area (Å²) in [5.41, 5.74) is 0.603. The summed E-state index contributed by atoms with van der Waals surface area (Å²) in [6.45, 7) is 0.623. The van der Waals surface area contributed by atoms with Crippen LogP contribution in [0.3, 0.4) is 0 Å². The number of hydrogen-bond donors (Lipinski definition) is 1. The number of nitrogens with zero attached hydrogens (tertiary/aromatic N) is 3. The number of sulfonamides is 1. The van der Waals surface area contributed by atoms with Crippen LogP contribution >= 0.6 is 11.6 Å². The number of nitrogens with one attached hydrogen (secondary N) is 1. The Balaban J connectivity index is 1.60. The molecule has 1 saturated heterocycles. The van der Waals surface area contributed by atoms with E-state index in [1.165, 1.54) is 17.2 Å². The van der Waals surface area contributed by atoms with Gasteiger partial charge in [-0.3, -0.25) is 4.98 Å². The van der Waals surface area contributed by atoms with Crippen LogP contribution in [0.2, 0.25) is 5.02 Å². The van der Waals surface area contributed by atoms with Gasteiger partial charge in [0.05, 0.1) is 30.5 Å². The number of amidine groups is 1. The molecule has 1 fully saturated rings. The summed E-state index contributed by atoms with van der Waals surface area (Å²) in [4.78, 5) is 10.9. The number of pyridine rings is 1. The zero-order chi connectivity index (χ0) is 24.1. The second-order valence-electron chi connectivity index (χ2n) is 8.08. The summed E-state index contributed by atoms with van der Waals surface area (Å²) < 4.78 is 82.7. The molecule has 0 amide bonds. The molecule has 2 aliphatic heterocycles. The first-order valence-electron chi connectivity index (χ1n) is 9.78. The minimum atomic E-state index is -3.85. The third-order valence-corrected chi connectivity index (χ3v) is 6.26. The minimum absolute atomic E-state index is 0.00155. The van der Waals surface area contributed by atoms with Crippen LogP contribution < -0.4 is 4.72 Å². The molecule has 0 spiro atoms. The van der Waals surface area contributed by atoms with Crippen LogP contribution in [0, 0.1) is 18.6 Å². The summed E-state index contributed by atoms with van der Waals surface area (Å²) in [5.74, 6) is -4.95. The fraction of sp³-hybridized carbons (Fsp3) is 0.400. The summed E-state index contributed by atoms with van der Waals surface area (Å²) >= 11 is 5.73. The summed E-state index contributed by atoms with van der Waals surface area (Å²) in [6.07, 6.45) is 1.40. The first kappa shape index (κ1) is 23.7. The van der Waals surface area contributed by atoms with E-state index in [-0.39, 0.29) is 40.6 Å². The van der Waals surface area contributed by atoms with Crippen LogP contribution in [-0.4, -0.2) is 55.4 Å². The molecule has 0 saturated carbocycles. The van der Waals surface area contributed by atoms with E-state index < -0.39 is 46.3 Å². The van der Waals surface area contributed by atoms with Crippen molar-refractivity contribution in [3.05, 3.63) is 52.3 Å². The number of halogens is 5. The molecule has 1 aromatic heterocycles. The van der Waals surface area contributed by atoms with Crippen LogP contribution in [0.5, 0.6) is 0 Å². The maximum absolute atomic E-state index is 14.6. The van der Waals surface area contributed by atoms with Gasteiger partial charge < -0.3 is 9.74 Å². The van der Waals surface area contributed by atoms with E-state index in [2.05, 4.69) is 10.1 Å². The van der Waals surface area contributed by atoms with Gasteiger partial charge in [0.25, 0.3) is 5.92 Å². The number of rotatable bonds is 4. The van der Waals surface area contributed by atoms with Gasteiger partial charge in [-0.15, -0.1) is 0 Å². The van der Waals surface area contributed by atoms with Crippen LogP contribution in [0.25, 0.3) is 11.1 Å². The molecule has 7 nitrogen and oxygen atoms in total. The van der Waals surface area contributed by atoms with Crippen molar-refractivity contribution < 1.29 is 30.8 Å². The van der Waals surface area contributed by atoms with Crippen molar-refractivity contribution in [1.82, 2.24) is 14.6 Å². The lowest BCUT2D eigenvalue weighted by Crippen LogP contribution is -2.46. The topological polar surface area (TPSA) is 83.9 Å². The lowest BCUT2D eigenvalue weighted by molar-refractivity contribution is -0.00123. The fourth-order valence-corrected chi connectivity index (χ4v) is 4.85. The molecule has 3 heterocycles. The van der Waals surface area contributed by atoms with Gasteiger partial charge >= 0.3 is 0 Å². The smallest absolute Gasteiger partial charge is 0.282 e. The Kier molecular flexibility index (Phi) is 6.04. The molecule has 0 aliphatic carbocycles. The van der Waals surface area contributed by atoms with E-state index in [1.807, 2.05) is 4.72 Å². The second-order valence-corrected chi connectivity index (χ2v) is 10.3. The molecule has 2 aromatic rings. The monoisotopic (exact) mass is 506 g/mol. The van der Waals surface area contributed by atoms with Gasteiger partial charge in [-0.05, 0) is 30.7 Å². The molecule has 33 heavy (non-hydrogen) atoms. The average molecular weight is 507 g/mol. The number of aromatic nitrogens is 1. The molecule has 0 unspecified atom stereocenters. The van der Waals surface area contributed by atoms with Crippen molar-refractivity contribution in [3.63, 3.8) is 0 Å².